The third-order valence-corrected chi connectivity index (χ3v) is 4.41. The highest BCUT2D eigenvalue weighted by molar-refractivity contribution is 7.08. The first-order valence-corrected chi connectivity index (χ1v) is 8.30. The Kier molecular flexibility index (Phi) is 3.58. The molecule has 0 saturated heterocycles. The smallest absolute Gasteiger partial charge is 0.268 e. The lowest BCUT2D eigenvalue weighted by Gasteiger charge is -2.05. The fourth-order valence-electron chi connectivity index (χ4n) is 2.45. The number of aromatic nitrogens is 5. The zero-order valence-electron chi connectivity index (χ0n) is 12.9. The summed E-state index contributed by atoms with van der Waals surface area (Å²) in [7, 11) is 1.83. The summed E-state index contributed by atoms with van der Waals surface area (Å²) in [6.45, 7) is 0.255. The molecule has 0 fully saturated rings. The van der Waals surface area contributed by atoms with Crippen molar-refractivity contribution >= 4 is 22.9 Å². The molecule has 0 aliphatic heterocycles. The Hall–Kier alpha value is -3.00. The molecule has 0 spiro atoms. The highest BCUT2D eigenvalue weighted by atomic mass is 32.1. The Balaban J connectivity index is 1.59. The third-order valence-electron chi connectivity index (χ3n) is 3.73. The van der Waals surface area contributed by atoms with Gasteiger partial charge in [-0.3, -0.25) is 4.79 Å². The molecule has 8 heteroatoms. The normalized spacial score (nSPS) is 11.0. The second kappa shape index (κ2) is 5.89. The lowest BCUT2D eigenvalue weighted by atomic mass is 10.2. The van der Waals surface area contributed by atoms with E-state index in [4.69, 9.17) is 0 Å². The van der Waals surface area contributed by atoms with Crippen molar-refractivity contribution < 1.29 is 4.79 Å². The first-order valence-electron chi connectivity index (χ1n) is 7.36. The molecule has 1 N–H and O–H groups in total. The van der Waals surface area contributed by atoms with Crippen molar-refractivity contribution in [3.8, 4) is 11.3 Å². The lowest BCUT2D eigenvalue weighted by molar-refractivity contribution is 0.0941. The van der Waals surface area contributed by atoms with Crippen LogP contribution in [0, 0.1) is 0 Å². The number of carbonyl (C=O) groups is 1. The van der Waals surface area contributed by atoms with Crippen molar-refractivity contribution in [3.05, 3.63) is 58.8 Å². The van der Waals surface area contributed by atoms with Crippen LogP contribution in [0.1, 0.15) is 16.3 Å². The van der Waals surface area contributed by atoms with E-state index in [1.807, 2.05) is 48.3 Å². The van der Waals surface area contributed by atoms with Crippen molar-refractivity contribution in [1.82, 2.24) is 29.7 Å². The second-order valence-corrected chi connectivity index (χ2v) is 6.08. The van der Waals surface area contributed by atoms with Crippen LogP contribution in [0.2, 0.25) is 0 Å². The number of nitrogens with zero attached hydrogens (tertiary/aromatic N) is 5. The van der Waals surface area contributed by atoms with Gasteiger partial charge in [0.2, 0.25) is 0 Å². The van der Waals surface area contributed by atoms with Gasteiger partial charge in [-0.1, -0.05) is 0 Å². The molecule has 0 aliphatic rings. The summed E-state index contributed by atoms with van der Waals surface area (Å²) in [4.78, 5) is 12.2. The predicted molar refractivity (Wildman–Crippen MR) is 90.7 cm³/mol. The minimum Gasteiger partial charge on any atom is -0.347 e. The number of aryl methyl sites for hydroxylation is 1. The van der Waals surface area contributed by atoms with Gasteiger partial charge in [0, 0.05) is 24.2 Å². The van der Waals surface area contributed by atoms with Crippen LogP contribution in [0.4, 0.5) is 0 Å². The molecule has 1 amide bonds. The van der Waals surface area contributed by atoms with E-state index in [-0.39, 0.29) is 12.5 Å². The molecule has 4 aromatic heterocycles. The minimum atomic E-state index is -0.159. The highest BCUT2D eigenvalue weighted by Crippen LogP contribution is 2.20. The van der Waals surface area contributed by atoms with Gasteiger partial charge in [0.15, 0.2) is 11.5 Å². The summed E-state index contributed by atoms with van der Waals surface area (Å²) in [6, 6.07) is 9.40. The number of fused-ring (bicyclic) bond motifs is 1. The average molecular weight is 338 g/mol. The average Bonchev–Trinajstić information content (AvgIpc) is 3.33. The number of hydrogen-bond donors (Lipinski definition) is 1. The van der Waals surface area contributed by atoms with E-state index in [0.717, 1.165) is 11.3 Å². The number of carbonyl (C=O) groups excluding carboxylic acids is 1. The van der Waals surface area contributed by atoms with E-state index in [1.165, 1.54) is 0 Å². The fraction of sp³-hybridized carbons (Fsp3) is 0.125. The van der Waals surface area contributed by atoms with E-state index >= 15 is 0 Å². The van der Waals surface area contributed by atoms with Crippen molar-refractivity contribution in [1.29, 1.82) is 0 Å². The molecule has 0 radical (unpaired) electrons. The molecule has 7 nitrogen and oxygen atoms in total. The molecule has 4 aromatic rings. The van der Waals surface area contributed by atoms with Gasteiger partial charge in [0.25, 0.3) is 5.91 Å². The highest BCUT2D eigenvalue weighted by Gasteiger charge is 2.12. The summed E-state index contributed by atoms with van der Waals surface area (Å²) in [6.07, 6.45) is 1.83. The van der Waals surface area contributed by atoms with E-state index in [1.54, 1.807) is 26.5 Å². The standard InChI is InChI=1S/C16H14N6OS/c1-21-7-2-3-13(21)16(23)17-9-15-19-18-14-5-4-12(20-22(14)15)11-6-8-24-10-11/h2-8,10H,9H2,1H3,(H,17,23). The Labute approximate surface area is 141 Å². The number of thiophene rings is 1. The maximum Gasteiger partial charge on any atom is 0.268 e. The molecule has 0 unspecified atom stereocenters. The number of nitrogens with one attached hydrogen (secondary N) is 1. The summed E-state index contributed by atoms with van der Waals surface area (Å²) in [5.41, 5.74) is 3.14. The summed E-state index contributed by atoms with van der Waals surface area (Å²) < 4.78 is 3.43. The predicted octanol–water partition coefficient (Wildman–Crippen LogP) is 2.12. The topological polar surface area (TPSA) is 77.1 Å². The molecule has 0 atom stereocenters. The third kappa shape index (κ3) is 2.56. The van der Waals surface area contributed by atoms with E-state index < -0.39 is 0 Å². The van der Waals surface area contributed by atoms with Crippen LogP contribution in [0.5, 0.6) is 0 Å². The quantitative estimate of drug-likeness (QED) is 0.618. The van der Waals surface area contributed by atoms with Gasteiger partial charge in [-0.2, -0.15) is 21.0 Å². The Morgan fingerprint density at radius 2 is 2.17 bits per heavy atom. The SMILES string of the molecule is Cn1cccc1C(=O)NCc1nnc2ccc(-c3ccsc3)nn12. The number of rotatable bonds is 4. The van der Waals surface area contributed by atoms with Gasteiger partial charge >= 0.3 is 0 Å². The van der Waals surface area contributed by atoms with Gasteiger partial charge < -0.3 is 9.88 Å². The van der Waals surface area contributed by atoms with Crippen molar-refractivity contribution in [3.63, 3.8) is 0 Å². The molecular weight excluding hydrogens is 324 g/mol. The Morgan fingerprint density at radius 3 is 2.92 bits per heavy atom. The first-order chi connectivity index (χ1) is 11.7. The van der Waals surface area contributed by atoms with Crippen LogP contribution in [0.25, 0.3) is 16.9 Å². The molecule has 0 aliphatic carbocycles. The van der Waals surface area contributed by atoms with Gasteiger partial charge in [0.05, 0.1) is 12.2 Å². The van der Waals surface area contributed by atoms with Crippen LogP contribution in [0.15, 0.2) is 47.3 Å². The van der Waals surface area contributed by atoms with E-state index in [9.17, 15) is 4.79 Å². The van der Waals surface area contributed by atoms with Crippen LogP contribution in [-0.4, -0.2) is 30.3 Å². The second-order valence-electron chi connectivity index (χ2n) is 5.30. The van der Waals surface area contributed by atoms with Crippen LogP contribution < -0.4 is 5.32 Å². The molecule has 120 valence electrons. The number of hydrogen-bond acceptors (Lipinski definition) is 5. The molecular formula is C16H14N6OS. The Bertz CT molecular complexity index is 1000. The van der Waals surface area contributed by atoms with Crippen LogP contribution in [-0.2, 0) is 13.6 Å². The van der Waals surface area contributed by atoms with E-state index in [2.05, 4.69) is 20.6 Å². The summed E-state index contributed by atoms with van der Waals surface area (Å²) in [5.74, 6) is 0.429. The largest absolute Gasteiger partial charge is 0.347 e. The maximum absolute atomic E-state index is 12.2. The zero-order valence-corrected chi connectivity index (χ0v) is 13.7. The molecule has 4 rings (SSSR count). The van der Waals surface area contributed by atoms with Gasteiger partial charge in [-0.05, 0) is 35.7 Å². The number of amides is 1. The molecule has 0 aromatic carbocycles. The van der Waals surface area contributed by atoms with Crippen LogP contribution >= 0.6 is 11.3 Å². The molecule has 24 heavy (non-hydrogen) atoms. The summed E-state index contributed by atoms with van der Waals surface area (Å²) in [5, 5.41) is 19.7. The molecule has 0 bridgehead atoms. The maximum atomic E-state index is 12.2. The van der Waals surface area contributed by atoms with Crippen molar-refractivity contribution in [2.45, 2.75) is 6.54 Å². The van der Waals surface area contributed by atoms with Gasteiger partial charge in [-0.25, -0.2) is 0 Å². The summed E-state index contributed by atoms with van der Waals surface area (Å²) >= 11 is 1.62. The lowest BCUT2D eigenvalue weighted by Crippen LogP contribution is -2.26. The molecule has 4 heterocycles. The van der Waals surface area contributed by atoms with E-state index in [0.29, 0.717) is 17.2 Å². The van der Waals surface area contributed by atoms with Gasteiger partial charge in [-0.15, -0.1) is 10.2 Å². The minimum absolute atomic E-state index is 0.159. The fourth-order valence-corrected chi connectivity index (χ4v) is 3.10. The Morgan fingerprint density at radius 1 is 1.25 bits per heavy atom. The monoisotopic (exact) mass is 338 g/mol. The zero-order chi connectivity index (χ0) is 16.5. The first kappa shape index (κ1) is 14.6. The van der Waals surface area contributed by atoms with Crippen molar-refractivity contribution in [2.75, 3.05) is 0 Å². The molecule has 0 saturated carbocycles. The van der Waals surface area contributed by atoms with Crippen molar-refractivity contribution in [2.24, 2.45) is 7.05 Å². The van der Waals surface area contributed by atoms with Crippen LogP contribution in [0.3, 0.4) is 0 Å². The van der Waals surface area contributed by atoms with Gasteiger partial charge in [0.1, 0.15) is 5.69 Å².